The van der Waals surface area contributed by atoms with E-state index in [1.165, 1.54) is 4.90 Å². The predicted octanol–water partition coefficient (Wildman–Crippen LogP) is 1.15. The van der Waals surface area contributed by atoms with Crippen molar-refractivity contribution in [2.24, 2.45) is 4.40 Å². The smallest absolute Gasteiger partial charge is 0.285 e. The van der Waals surface area contributed by atoms with Crippen molar-refractivity contribution in [3.05, 3.63) is 23.2 Å². The topological polar surface area (TPSA) is 62.6 Å². The van der Waals surface area contributed by atoms with E-state index in [0.29, 0.717) is 0 Å². The molecule has 0 bridgehead atoms. The average Bonchev–Trinajstić information content (AvgIpc) is 2.19. The lowest BCUT2D eigenvalue weighted by Gasteiger charge is -2.03. The van der Waals surface area contributed by atoms with Crippen molar-refractivity contribution in [1.29, 1.82) is 0 Å². The summed E-state index contributed by atoms with van der Waals surface area (Å²) in [6.07, 6.45) is 2.05. The number of sulfonamides is 1. The Morgan fingerprint density at radius 3 is 2.69 bits per heavy atom. The van der Waals surface area contributed by atoms with E-state index in [4.69, 9.17) is 11.6 Å². The maximum Gasteiger partial charge on any atom is 0.285 e. The fraction of sp³-hybridized carbons (Fsp3) is 0.250. The molecule has 0 atom stereocenters. The highest BCUT2D eigenvalue weighted by Crippen LogP contribution is 2.17. The maximum atomic E-state index is 13.0. The van der Waals surface area contributed by atoms with Gasteiger partial charge in [-0.05, 0) is 6.07 Å². The van der Waals surface area contributed by atoms with Gasteiger partial charge in [0.15, 0.2) is 11.0 Å². The van der Waals surface area contributed by atoms with Crippen LogP contribution in [0.1, 0.15) is 0 Å². The van der Waals surface area contributed by atoms with Crippen LogP contribution in [-0.4, -0.2) is 38.7 Å². The summed E-state index contributed by atoms with van der Waals surface area (Å²) in [7, 11) is -0.706. The second-order valence-corrected chi connectivity index (χ2v) is 5.09. The highest BCUT2D eigenvalue weighted by atomic mass is 35.5. The molecule has 0 fully saturated rings. The third-order valence-corrected chi connectivity index (χ3v) is 2.95. The molecule has 0 aliphatic heterocycles. The normalized spacial score (nSPS) is 12.0. The standard InChI is InChI=1S/C8H9ClFN3O2S/c1-13(2)5-12-16(14,15)6-3-7(10)8(9)11-4-6/h3-5H,1-2H3/b12-5+. The van der Waals surface area contributed by atoms with E-state index < -0.39 is 15.8 Å². The molecule has 0 aliphatic carbocycles. The van der Waals surface area contributed by atoms with E-state index in [-0.39, 0.29) is 10.0 Å². The first-order valence-corrected chi connectivity index (χ1v) is 5.92. The van der Waals surface area contributed by atoms with Gasteiger partial charge in [-0.3, -0.25) is 0 Å². The molecule has 0 saturated heterocycles. The first-order chi connectivity index (χ1) is 7.33. The molecule has 5 nitrogen and oxygen atoms in total. The fourth-order valence-electron chi connectivity index (χ4n) is 0.762. The first kappa shape index (κ1) is 12.9. The second kappa shape index (κ2) is 4.75. The molecule has 16 heavy (non-hydrogen) atoms. The monoisotopic (exact) mass is 265 g/mol. The van der Waals surface area contributed by atoms with Crippen molar-refractivity contribution in [3.63, 3.8) is 0 Å². The Morgan fingerprint density at radius 2 is 2.19 bits per heavy atom. The van der Waals surface area contributed by atoms with Gasteiger partial charge in [0.05, 0.1) is 0 Å². The number of hydrogen-bond donors (Lipinski definition) is 0. The lowest BCUT2D eigenvalue weighted by Crippen LogP contribution is -2.10. The molecule has 0 aromatic carbocycles. The predicted molar refractivity (Wildman–Crippen MR) is 58.6 cm³/mol. The van der Waals surface area contributed by atoms with E-state index >= 15 is 0 Å². The first-order valence-electron chi connectivity index (χ1n) is 4.11. The van der Waals surface area contributed by atoms with Gasteiger partial charge in [-0.2, -0.15) is 8.42 Å². The largest absolute Gasteiger partial charge is 0.368 e. The van der Waals surface area contributed by atoms with Gasteiger partial charge in [0.2, 0.25) is 0 Å². The third-order valence-electron chi connectivity index (χ3n) is 1.49. The minimum absolute atomic E-state index is 0.340. The Bertz CT molecular complexity index is 516. The number of rotatable bonds is 3. The highest BCUT2D eigenvalue weighted by Gasteiger charge is 2.15. The molecule has 0 saturated carbocycles. The quantitative estimate of drug-likeness (QED) is 0.467. The zero-order valence-electron chi connectivity index (χ0n) is 8.55. The molecule has 0 unspecified atom stereocenters. The van der Waals surface area contributed by atoms with E-state index in [1.54, 1.807) is 14.1 Å². The molecule has 88 valence electrons. The van der Waals surface area contributed by atoms with Crippen molar-refractivity contribution in [2.75, 3.05) is 14.1 Å². The van der Waals surface area contributed by atoms with Gasteiger partial charge in [0.1, 0.15) is 11.2 Å². The number of halogens is 2. The van der Waals surface area contributed by atoms with Gasteiger partial charge in [-0.25, -0.2) is 9.37 Å². The van der Waals surface area contributed by atoms with Crippen LogP contribution in [0.2, 0.25) is 5.15 Å². The Morgan fingerprint density at radius 1 is 1.56 bits per heavy atom. The molecule has 1 rings (SSSR count). The fourth-order valence-corrected chi connectivity index (χ4v) is 1.74. The summed E-state index contributed by atoms with van der Waals surface area (Å²) in [5, 5.41) is -0.379. The number of hydrogen-bond acceptors (Lipinski definition) is 3. The Kier molecular flexibility index (Phi) is 3.82. The highest BCUT2D eigenvalue weighted by molar-refractivity contribution is 7.90. The van der Waals surface area contributed by atoms with Crippen molar-refractivity contribution < 1.29 is 12.8 Å². The Balaban J connectivity index is 3.13. The SMILES string of the molecule is CN(C)/C=N/S(=O)(=O)c1cnc(Cl)c(F)c1. The van der Waals surface area contributed by atoms with Crippen molar-refractivity contribution in [3.8, 4) is 0 Å². The van der Waals surface area contributed by atoms with E-state index in [2.05, 4.69) is 9.38 Å². The molecule has 1 heterocycles. The van der Waals surface area contributed by atoms with Crippen molar-refractivity contribution in [1.82, 2.24) is 9.88 Å². The van der Waals surface area contributed by atoms with E-state index in [0.717, 1.165) is 18.6 Å². The minimum Gasteiger partial charge on any atom is -0.368 e. The number of pyridine rings is 1. The van der Waals surface area contributed by atoms with Crippen LogP contribution >= 0.6 is 11.6 Å². The number of aromatic nitrogens is 1. The number of nitrogens with zero attached hydrogens (tertiary/aromatic N) is 3. The molecule has 0 aliphatic rings. The molecule has 8 heteroatoms. The van der Waals surface area contributed by atoms with Crippen LogP contribution in [0.4, 0.5) is 4.39 Å². The summed E-state index contributed by atoms with van der Waals surface area (Å²) in [6, 6.07) is 0.775. The second-order valence-electron chi connectivity index (χ2n) is 3.10. The molecular formula is C8H9ClFN3O2S. The molecule has 1 aromatic rings. The zero-order valence-corrected chi connectivity index (χ0v) is 10.1. The van der Waals surface area contributed by atoms with Crippen LogP contribution in [-0.2, 0) is 10.0 Å². The van der Waals surface area contributed by atoms with Gasteiger partial charge < -0.3 is 4.90 Å². The summed E-state index contributed by atoms with van der Waals surface area (Å²) in [4.78, 5) is 4.50. The van der Waals surface area contributed by atoms with Crippen molar-refractivity contribution >= 4 is 28.0 Å². The van der Waals surface area contributed by atoms with Gasteiger partial charge in [0.25, 0.3) is 10.0 Å². The molecular weight excluding hydrogens is 257 g/mol. The Labute approximate surface area is 97.6 Å². The van der Waals surface area contributed by atoms with Crippen molar-refractivity contribution in [2.45, 2.75) is 4.90 Å². The average molecular weight is 266 g/mol. The summed E-state index contributed by atoms with van der Waals surface area (Å²) in [5.41, 5.74) is 0. The third kappa shape index (κ3) is 3.14. The van der Waals surface area contributed by atoms with Gasteiger partial charge >= 0.3 is 0 Å². The van der Waals surface area contributed by atoms with Gasteiger partial charge in [-0.1, -0.05) is 11.6 Å². The maximum absolute atomic E-state index is 13.0. The Hall–Kier alpha value is -1.21. The van der Waals surface area contributed by atoms with Crippen LogP contribution in [0.25, 0.3) is 0 Å². The summed E-state index contributed by atoms with van der Waals surface area (Å²) in [6.45, 7) is 0. The van der Waals surface area contributed by atoms with Gasteiger partial charge in [0, 0.05) is 20.3 Å². The molecule has 0 N–H and O–H groups in total. The molecule has 0 spiro atoms. The van der Waals surface area contributed by atoms with Crippen LogP contribution < -0.4 is 0 Å². The van der Waals surface area contributed by atoms with Crippen LogP contribution in [0.5, 0.6) is 0 Å². The molecule has 0 amide bonds. The van der Waals surface area contributed by atoms with Crippen LogP contribution in [0, 0.1) is 5.82 Å². The van der Waals surface area contributed by atoms with E-state index in [9.17, 15) is 12.8 Å². The molecule has 0 radical (unpaired) electrons. The lowest BCUT2D eigenvalue weighted by molar-refractivity contribution is 0.587. The minimum atomic E-state index is -3.93. The zero-order chi connectivity index (χ0) is 12.3. The van der Waals surface area contributed by atoms with Gasteiger partial charge in [-0.15, -0.1) is 4.40 Å². The summed E-state index contributed by atoms with van der Waals surface area (Å²) in [5.74, 6) is -0.900. The van der Waals surface area contributed by atoms with E-state index in [1.807, 2.05) is 0 Å². The van der Waals surface area contributed by atoms with Crippen LogP contribution in [0.3, 0.4) is 0 Å². The lowest BCUT2D eigenvalue weighted by atomic mass is 10.5. The van der Waals surface area contributed by atoms with Crippen LogP contribution in [0.15, 0.2) is 21.6 Å². The summed E-state index contributed by atoms with van der Waals surface area (Å²) < 4.78 is 39.4. The summed E-state index contributed by atoms with van der Waals surface area (Å²) >= 11 is 5.33. The molecule has 1 aromatic heterocycles.